The maximum absolute atomic E-state index is 8.81. The summed E-state index contributed by atoms with van der Waals surface area (Å²) >= 11 is 0. The van der Waals surface area contributed by atoms with E-state index in [2.05, 4.69) is 0 Å². The number of hydrogen-bond acceptors (Lipinski definition) is 3. The molecule has 0 amide bonds. The highest BCUT2D eigenvalue weighted by molar-refractivity contribution is 5.64. The molecule has 60 valence electrons. The van der Waals surface area contributed by atoms with Crippen molar-refractivity contribution >= 4 is 11.4 Å². The fraction of sp³-hybridized carbons (Fsp3) is 0.250. The fourth-order valence-electron chi connectivity index (χ4n) is 0.939. The SMILES string of the molecule is Cc1c(N)ccc(CO)c1N. The average molecular weight is 152 g/mol. The Kier molecular flexibility index (Phi) is 2.01. The molecule has 0 saturated heterocycles. The van der Waals surface area contributed by atoms with Crippen LogP contribution in [0.25, 0.3) is 0 Å². The topological polar surface area (TPSA) is 72.3 Å². The zero-order valence-corrected chi connectivity index (χ0v) is 6.46. The van der Waals surface area contributed by atoms with Crippen molar-refractivity contribution in [2.24, 2.45) is 0 Å². The molecule has 3 heteroatoms. The molecular weight excluding hydrogens is 140 g/mol. The van der Waals surface area contributed by atoms with E-state index in [1.54, 1.807) is 12.1 Å². The summed E-state index contributed by atoms with van der Waals surface area (Å²) in [5.41, 5.74) is 14.1. The van der Waals surface area contributed by atoms with Gasteiger partial charge in [-0.25, -0.2) is 0 Å². The maximum Gasteiger partial charge on any atom is 0.0702 e. The third kappa shape index (κ3) is 1.28. The number of nitrogen functional groups attached to an aromatic ring is 2. The summed E-state index contributed by atoms with van der Waals surface area (Å²) in [5, 5.41) is 8.81. The first-order valence-corrected chi connectivity index (χ1v) is 3.41. The first-order valence-electron chi connectivity index (χ1n) is 3.41. The summed E-state index contributed by atoms with van der Waals surface area (Å²) in [5.74, 6) is 0. The average Bonchev–Trinajstić information content (AvgIpc) is 2.01. The van der Waals surface area contributed by atoms with E-state index >= 15 is 0 Å². The predicted molar refractivity (Wildman–Crippen MR) is 45.9 cm³/mol. The minimum absolute atomic E-state index is 0.0348. The van der Waals surface area contributed by atoms with Crippen molar-refractivity contribution in [1.82, 2.24) is 0 Å². The molecule has 0 radical (unpaired) electrons. The Hall–Kier alpha value is -1.22. The Morgan fingerprint density at radius 1 is 1.36 bits per heavy atom. The van der Waals surface area contributed by atoms with Gasteiger partial charge in [-0.2, -0.15) is 0 Å². The highest BCUT2D eigenvalue weighted by Gasteiger charge is 2.02. The predicted octanol–water partition coefficient (Wildman–Crippen LogP) is 0.652. The smallest absolute Gasteiger partial charge is 0.0702 e. The van der Waals surface area contributed by atoms with Gasteiger partial charge in [-0.1, -0.05) is 6.07 Å². The van der Waals surface area contributed by atoms with Gasteiger partial charge in [0.1, 0.15) is 0 Å². The van der Waals surface area contributed by atoms with Crippen LogP contribution in [0.3, 0.4) is 0 Å². The molecule has 0 aliphatic heterocycles. The summed E-state index contributed by atoms with van der Waals surface area (Å²) in [6, 6.07) is 3.48. The molecule has 0 heterocycles. The van der Waals surface area contributed by atoms with Crippen molar-refractivity contribution in [3.05, 3.63) is 23.3 Å². The Labute approximate surface area is 65.6 Å². The van der Waals surface area contributed by atoms with Gasteiger partial charge in [0.15, 0.2) is 0 Å². The summed E-state index contributed by atoms with van der Waals surface area (Å²) in [6.45, 7) is 1.80. The van der Waals surface area contributed by atoms with E-state index in [1.807, 2.05) is 6.92 Å². The van der Waals surface area contributed by atoms with Crippen LogP contribution in [0.4, 0.5) is 11.4 Å². The molecule has 0 saturated carbocycles. The normalized spacial score (nSPS) is 10.0. The van der Waals surface area contributed by atoms with Crippen molar-refractivity contribution in [3.8, 4) is 0 Å². The first-order chi connectivity index (χ1) is 5.16. The van der Waals surface area contributed by atoms with Crippen LogP contribution in [0.2, 0.25) is 0 Å². The monoisotopic (exact) mass is 152 g/mol. The van der Waals surface area contributed by atoms with Crippen molar-refractivity contribution in [2.45, 2.75) is 13.5 Å². The molecule has 0 aromatic heterocycles. The molecule has 0 bridgehead atoms. The molecule has 0 unspecified atom stereocenters. The summed E-state index contributed by atoms with van der Waals surface area (Å²) in [4.78, 5) is 0. The highest BCUT2D eigenvalue weighted by atomic mass is 16.3. The number of hydrogen-bond donors (Lipinski definition) is 3. The standard InChI is InChI=1S/C8H12N2O/c1-5-7(9)3-2-6(4-11)8(5)10/h2-3,11H,4,9-10H2,1H3. The van der Waals surface area contributed by atoms with Gasteiger partial charge in [-0.05, 0) is 18.6 Å². The summed E-state index contributed by atoms with van der Waals surface area (Å²) in [7, 11) is 0. The van der Waals surface area contributed by atoms with Gasteiger partial charge in [0.05, 0.1) is 6.61 Å². The third-order valence-electron chi connectivity index (χ3n) is 1.82. The zero-order chi connectivity index (χ0) is 8.43. The molecule has 0 aliphatic carbocycles. The van der Waals surface area contributed by atoms with Crippen LogP contribution in [0.15, 0.2) is 12.1 Å². The number of rotatable bonds is 1. The lowest BCUT2D eigenvalue weighted by molar-refractivity contribution is 0.282. The number of anilines is 2. The van der Waals surface area contributed by atoms with E-state index in [0.29, 0.717) is 11.4 Å². The minimum atomic E-state index is -0.0348. The van der Waals surface area contributed by atoms with Crippen molar-refractivity contribution in [3.63, 3.8) is 0 Å². The lowest BCUT2D eigenvalue weighted by atomic mass is 10.1. The number of aliphatic hydroxyl groups is 1. The number of nitrogens with two attached hydrogens (primary N) is 2. The Morgan fingerprint density at radius 3 is 2.55 bits per heavy atom. The van der Waals surface area contributed by atoms with Crippen LogP contribution in [-0.2, 0) is 6.61 Å². The second kappa shape index (κ2) is 2.80. The van der Waals surface area contributed by atoms with E-state index in [0.717, 1.165) is 11.1 Å². The highest BCUT2D eigenvalue weighted by Crippen LogP contribution is 2.22. The van der Waals surface area contributed by atoms with E-state index in [4.69, 9.17) is 16.6 Å². The van der Waals surface area contributed by atoms with Crippen LogP contribution >= 0.6 is 0 Å². The largest absolute Gasteiger partial charge is 0.398 e. The molecular formula is C8H12N2O. The maximum atomic E-state index is 8.81. The van der Waals surface area contributed by atoms with Crippen LogP contribution in [0, 0.1) is 6.92 Å². The number of benzene rings is 1. The van der Waals surface area contributed by atoms with Gasteiger partial charge in [-0.15, -0.1) is 0 Å². The van der Waals surface area contributed by atoms with Crippen LogP contribution < -0.4 is 11.5 Å². The lowest BCUT2D eigenvalue weighted by Gasteiger charge is -2.07. The van der Waals surface area contributed by atoms with Gasteiger partial charge in [0.2, 0.25) is 0 Å². The van der Waals surface area contributed by atoms with E-state index in [9.17, 15) is 0 Å². The molecule has 3 nitrogen and oxygen atoms in total. The second-order valence-corrected chi connectivity index (χ2v) is 2.51. The Balaban J connectivity index is 3.25. The van der Waals surface area contributed by atoms with Gasteiger partial charge >= 0.3 is 0 Å². The lowest BCUT2D eigenvalue weighted by Crippen LogP contribution is -2.00. The minimum Gasteiger partial charge on any atom is -0.398 e. The van der Waals surface area contributed by atoms with Crippen LogP contribution in [0.1, 0.15) is 11.1 Å². The fourth-order valence-corrected chi connectivity index (χ4v) is 0.939. The van der Waals surface area contributed by atoms with Crippen molar-refractivity contribution in [2.75, 3.05) is 11.5 Å². The van der Waals surface area contributed by atoms with E-state index in [1.165, 1.54) is 0 Å². The van der Waals surface area contributed by atoms with Crippen molar-refractivity contribution in [1.29, 1.82) is 0 Å². The molecule has 0 aliphatic rings. The van der Waals surface area contributed by atoms with Crippen LogP contribution in [-0.4, -0.2) is 5.11 Å². The van der Waals surface area contributed by atoms with Crippen molar-refractivity contribution < 1.29 is 5.11 Å². The first kappa shape index (κ1) is 7.88. The summed E-state index contributed by atoms with van der Waals surface area (Å²) in [6.07, 6.45) is 0. The molecule has 0 atom stereocenters. The molecule has 11 heavy (non-hydrogen) atoms. The van der Waals surface area contributed by atoms with Gasteiger partial charge < -0.3 is 16.6 Å². The Morgan fingerprint density at radius 2 is 2.00 bits per heavy atom. The molecule has 1 aromatic carbocycles. The zero-order valence-electron chi connectivity index (χ0n) is 6.46. The Bertz CT molecular complexity index is 271. The van der Waals surface area contributed by atoms with Gasteiger partial charge in [-0.3, -0.25) is 0 Å². The molecule has 5 N–H and O–H groups in total. The number of aliphatic hydroxyl groups excluding tert-OH is 1. The summed E-state index contributed by atoms with van der Waals surface area (Å²) < 4.78 is 0. The van der Waals surface area contributed by atoms with Gasteiger partial charge in [0, 0.05) is 16.9 Å². The van der Waals surface area contributed by atoms with E-state index in [-0.39, 0.29) is 6.61 Å². The third-order valence-corrected chi connectivity index (χ3v) is 1.82. The molecule has 0 spiro atoms. The van der Waals surface area contributed by atoms with Crippen LogP contribution in [0.5, 0.6) is 0 Å². The molecule has 0 fully saturated rings. The second-order valence-electron chi connectivity index (χ2n) is 2.51. The molecule has 1 rings (SSSR count). The van der Waals surface area contributed by atoms with E-state index < -0.39 is 0 Å². The molecule has 1 aromatic rings. The van der Waals surface area contributed by atoms with Gasteiger partial charge in [0.25, 0.3) is 0 Å². The quantitative estimate of drug-likeness (QED) is 0.517.